The molecule has 1 nitrogen and oxygen atoms in total. The molecule has 1 heteroatoms. The second kappa shape index (κ2) is 5.23. The fraction of sp³-hybridized carbons (Fsp3) is 1.00. The van der Waals surface area contributed by atoms with Gasteiger partial charge in [0.1, 0.15) is 0 Å². The summed E-state index contributed by atoms with van der Waals surface area (Å²) < 4.78 is 0. The Morgan fingerprint density at radius 3 is 2.36 bits per heavy atom. The van der Waals surface area contributed by atoms with Crippen molar-refractivity contribution in [3.05, 3.63) is 0 Å². The Balaban J connectivity index is 1.62. The van der Waals surface area contributed by atoms with E-state index >= 15 is 0 Å². The van der Waals surface area contributed by atoms with E-state index in [4.69, 9.17) is 0 Å². The quantitative estimate of drug-likeness (QED) is 0.686. The Morgan fingerprint density at radius 2 is 1.59 bits per heavy atom. The summed E-state index contributed by atoms with van der Waals surface area (Å²) in [4.78, 5) is 0. The summed E-state index contributed by atoms with van der Waals surface area (Å²) in [6.07, 6.45) is 14.4. The van der Waals surface area contributed by atoms with Gasteiger partial charge in [0.2, 0.25) is 0 Å². The molecule has 4 aliphatic carbocycles. The summed E-state index contributed by atoms with van der Waals surface area (Å²) >= 11 is 0. The summed E-state index contributed by atoms with van der Waals surface area (Å²) in [5.74, 6) is 4.47. The predicted octanol–water partition coefficient (Wildman–Crippen LogP) is 5.42. The molecule has 0 aromatic heterocycles. The van der Waals surface area contributed by atoms with Crippen molar-refractivity contribution in [3.63, 3.8) is 0 Å². The number of hydrogen-bond donors (Lipinski definition) is 1. The van der Waals surface area contributed by atoms with Crippen molar-refractivity contribution in [3.8, 4) is 0 Å². The molecule has 0 aromatic carbocycles. The van der Waals surface area contributed by atoms with Crippen molar-refractivity contribution in [1.29, 1.82) is 0 Å². The number of hydrogen-bond acceptors (Lipinski definition) is 1. The maximum Gasteiger partial charge on any atom is 0.0545 e. The van der Waals surface area contributed by atoms with E-state index in [2.05, 4.69) is 13.8 Å². The second-order valence-corrected chi connectivity index (χ2v) is 9.87. The molecule has 4 rings (SSSR count). The van der Waals surface area contributed by atoms with E-state index in [1.54, 1.807) is 0 Å². The van der Waals surface area contributed by atoms with Crippen LogP contribution in [0.5, 0.6) is 0 Å². The minimum absolute atomic E-state index is 0.104. The summed E-state index contributed by atoms with van der Waals surface area (Å²) in [6, 6.07) is 0. The zero-order chi connectivity index (χ0) is 15.5. The highest BCUT2D eigenvalue weighted by Gasteiger charge is 2.60. The Labute approximate surface area is 137 Å². The topological polar surface area (TPSA) is 20.2 Å². The molecule has 0 spiro atoms. The van der Waals surface area contributed by atoms with Gasteiger partial charge in [-0.2, -0.15) is 0 Å². The van der Waals surface area contributed by atoms with Gasteiger partial charge in [-0.25, -0.2) is 0 Å². The highest BCUT2D eigenvalue weighted by atomic mass is 16.3. The van der Waals surface area contributed by atoms with Gasteiger partial charge in [-0.05, 0) is 98.7 Å². The molecule has 126 valence electrons. The van der Waals surface area contributed by atoms with Crippen LogP contribution in [0.1, 0.15) is 85.0 Å². The summed E-state index contributed by atoms with van der Waals surface area (Å²) in [5.41, 5.74) is 1.10. The first kappa shape index (κ1) is 15.5. The lowest BCUT2D eigenvalue weighted by molar-refractivity contribution is -0.118. The van der Waals surface area contributed by atoms with Crippen LogP contribution in [0.4, 0.5) is 0 Å². The van der Waals surface area contributed by atoms with Gasteiger partial charge in [0, 0.05) is 0 Å². The highest BCUT2D eigenvalue weighted by molar-refractivity contribution is 5.09. The normalized spacial score (nSPS) is 55.9. The van der Waals surface area contributed by atoms with Crippen molar-refractivity contribution in [2.24, 2.45) is 40.4 Å². The lowest BCUT2D eigenvalue weighted by Gasteiger charge is -2.60. The van der Waals surface area contributed by atoms with Crippen LogP contribution in [0.25, 0.3) is 0 Å². The molecule has 0 aliphatic heterocycles. The summed E-state index contributed by atoms with van der Waals surface area (Å²) in [5, 5.41) is 10.3. The Morgan fingerprint density at radius 1 is 0.818 bits per heavy atom. The average molecular weight is 305 g/mol. The molecule has 0 saturated heterocycles. The van der Waals surface area contributed by atoms with Gasteiger partial charge in [0.05, 0.1) is 6.10 Å². The molecule has 4 fully saturated rings. The molecule has 22 heavy (non-hydrogen) atoms. The zero-order valence-electron chi connectivity index (χ0n) is 15.0. The molecule has 0 bridgehead atoms. The Bertz CT molecular complexity index is 430. The number of aliphatic hydroxyl groups excluding tert-OH is 1. The van der Waals surface area contributed by atoms with Gasteiger partial charge < -0.3 is 5.11 Å². The number of rotatable bonds is 1. The van der Waals surface area contributed by atoms with Crippen LogP contribution in [0.15, 0.2) is 0 Å². The van der Waals surface area contributed by atoms with Gasteiger partial charge in [-0.1, -0.05) is 26.7 Å². The number of fused-ring (bicyclic) bond motifs is 5. The van der Waals surface area contributed by atoms with Gasteiger partial charge >= 0.3 is 0 Å². The maximum absolute atomic E-state index is 10.3. The van der Waals surface area contributed by atoms with Crippen LogP contribution in [0, 0.1) is 40.4 Å². The van der Waals surface area contributed by atoms with Crippen molar-refractivity contribution in [2.75, 3.05) is 0 Å². The summed E-state index contributed by atoms with van der Waals surface area (Å²) in [6.45, 7) is 7.24. The zero-order valence-corrected chi connectivity index (χ0v) is 15.0. The molecule has 8 atom stereocenters. The van der Waals surface area contributed by atoms with Crippen LogP contribution < -0.4 is 0 Å². The average Bonchev–Trinajstić information content (AvgIpc) is 2.84. The fourth-order valence-electron chi connectivity index (χ4n) is 8.13. The van der Waals surface area contributed by atoms with Crippen LogP contribution in [0.3, 0.4) is 0 Å². The maximum atomic E-state index is 10.3. The lowest BCUT2D eigenvalue weighted by Crippen LogP contribution is -2.53. The van der Waals surface area contributed by atoms with Crippen LogP contribution in [-0.2, 0) is 0 Å². The lowest BCUT2D eigenvalue weighted by atomic mass is 9.45. The molecule has 0 radical (unpaired) electrons. The molecule has 0 unspecified atom stereocenters. The van der Waals surface area contributed by atoms with Crippen LogP contribution in [-0.4, -0.2) is 11.2 Å². The van der Waals surface area contributed by atoms with Gasteiger partial charge in [0.25, 0.3) is 0 Å². The molecule has 4 saturated carbocycles. The molecule has 0 amide bonds. The van der Waals surface area contributed by atoms with E-state index in [9.17, 15) is 5.11 Å². The standard InChI is InChI=1S/C21H36O/c1-14(22)17-9-10-18-16-8-7-15-6-4-5-12-20(15,2)19(16)11-13-21(17,18)3/h14-19,22H,4-13H2,1-3H3/t14-,15-,16+,17-,18+,19+,20+,21-/m1/s1. The van der Waals surface area contributed by atoms with E-state index in [1.165, 1.54) is 64.2 Å². The highest BCUT2D eigenvalue weighted by Crippen LogP contribution is 2.67. The monoisotopic (exact) mass is 304 g/mol. The Kier molecular flexibility index (Phi) is 3.68. The third-order valence-electron chi connectivity index (χ3n) is 9.24. The predicted molar refractivity (Wildman–Crippen MR) is 91.5 cm³/mol. The largest absolute Gasteiger partial charge is 0.393 e. The van der Waals surface area contributed by atoms with Gasteiger partial charge in [0.15, 0.2) is 0 Å². The third-order valence-corrected chi connectivity index (χ3v) is 9.24. The van der Waals surface area contributed by atoms with E-state index in [0.717, 1.165) is 23.7 Å². The third kappa shape index (κ3) is 2.00. The first-order valence-electron chi connectivity index (χ1n) is 10.1. The van der Waals surface area contributed by atoms with E-state index < -0.39 is 0 Å². The van der Waals surface area contributed by atoms with Gasteiger partial charge in [-0.15, -0.1) is 0 Å². The Hall–Kier alpha value is -0.0400. The first-order chi connectivity index (χ1) is 10.5. The van der Waals surface area contributed by atoms with Crippen molar-refractivity contribution in [2.45, 2.75) is 91.1 Å². The second-order valence-electron chi connectivity index (χ2n) is 9.87. The van der Waals surface area contributed by atoms with Crippen molar-refractivity contribution in [1.82, 2.24) is 0 Å². The minimum atomic E-state index is -0.104. The smallest absolute Gasteiger partial charge is 0.0545 e. The van der Waals surface area contributed by atoms with Crippen molar-refractivity contribution < 1.29 is 5.11 Å². The molecule has 0 heterocycles. The van der Waals surface area contributed by atoms with E-state index in [0.29, 0.717) is 16.7 Å². The van der Waals surface area contributed by atoms with E-state index in [1.807, 2.05) is 6.92 Å². The molecule has 4 aliphatic rings. The SMILES string of the molecule is C[C@@H](O)[C@H]1CC[C@H]2[C@@H]3CC[C@H]4CCCC[C@]4(C)[C@H]3CC[C@]12C. The molecular formula is C21H36O. The van der Waals surface area contributed by atoms with Crippen molar-refractivity contribution >= 4 is 0 Å². The van der Waals surface area contributed by atoms with Crippen LogP contribution >= 0.6 is 0 Å². The molecular weight excluding hydrogens is 268 g/mol. The molecule has 1 N–H and O–H groups in total. The van der Waals surface area contributed by atoms with Crippen LogP contribution in [0.2, 0.25) is 0 Å². The number of aliphatic hydroxyl groups is 1. The van der Waals surface area contributed by atoms with Gasteiger partial charge in [-0.3, -0.25) is 0 Å². The summed E-state index contributed by atoms with van der Waals surface area (Å²) in [7, 11) is 0. The molecule has 0 aromatic rings. The first-order valence-corrected chi connectivity index (χ1v) is 10.1. The van der Waals surface area contributed by atoms with E-state index in [-0.39, 0.29) is 6.10 Å². The fourth-order valence-corrected chi connectivity index (χ4v) is 8.13. The minimum Gasteiger partial charge on any atom is -0.393 e.